The first-order valence-electron chi connectivity index (χ1n) is 8.17. The molecule has 1 aromatic rings. The second-order valence-corrected chi connectivity index (χ2v) is 8.03. The molecule has 0 aromatic heterocycles. The van der Waals surface area contributed by atoms with Crippen LogP contribution >= 0.6 is 15.9 Å². The first kappa shape index (κ1) is 14.1. The molecule has 5 atom stereocenters. The quantitative estimate of drug-likeness (QED) is 0.873. The molecule has 5 unspecified atom stereocenters. The van der Waals surface area contributed by atoms with E-state index in [9.17, 15) is 0 Å². The summed E-state index contributed by atoms with van der Waals surface area (Å²) >= 11 is 3.69. The molecule has 114 valence electrons. The number of hydrogen-bond acceptors (Lipinski definition) is 2. The molecule has 1 aromatic carbocycles. The van der Waals surface area contributed by atoms with Crippen molar-refractivity contribution in [3.05, 3.63) is 27.7 Å². The predicted molar refractivity (Wildman–Crippen MR) is 88.5 cm³/mol. The molecule has 3 heteroatoms. The smallest absolute Gasteiger partial charge is 0.123 e. The zero-order chi connectivity index (χ0) is 14.7. The molecule has 21 heavy (non-hydrogen) atoms. The summed E-state index contributed by atoms with van der Waals surface area (Å²) in [6, 6.07) is 4.87. The second kappa shape index (κ2) is 4.99. The van der Waals surface area contributed by atoms with E-state index in [-0.39, 0.29) is 0 Å². The second-order valence-electron chi connectivity index (χ2n) is 7.17. The number of halogens is 1. The molecule has 3 aliphatic rings. The maximum absolute atomic E-state index is 5.67. The third-order valence-electron chi connectivity index (χ3n) is 6.34. The van der Waals surface area contributed by atoms with E-state index >= 15 is 0 Å². The minimum absolute atomic E-state index is 0.440. The third-order valence-corrected chi connectivity index (χ3v) is 7.19. The van der Waals surface area contributed by atoms with E-state index in [4.69, 9.17) is 4.74 Å². The van der Waals surface area contributed by atoms with Crippen molar-refractivity contribution in [3.63, 3.8) is 0 Å². The van der Waals surface area contributed by atoms with Crippen LogP contribution in [0.25, 0.3) is 0 Å². The summed E-state index contributed by atoms with van der Waals surface area (Å²) in [7, 11) is 3.89. The Bertz CT molecular complexity index is 557. The van der Waals surface area contributed by atoms with E-state index in [0.29, 0.717) is 6.04 Å². The van der Waals surface area contributed by atoms with Crippen LogP contribution in [0.15, 0.2) is 16.6 Å². The molecule has 2 nitrogen and oxygen atoms in total. The van der Waals surface area contributed by atoms with Gasteiger partial charge in [-0.05, 0) is 80.5 Å². The van der Waals surface area contributed by atoms with Crippen molar-refractivity contribution in [2.24, 2.45) is 29.6 Å². The van der Waals surface area contributed by atoms with Crippen LogP contribution in [0.2, 0.25) is 0 Å². The molecule has 0 heterocycles. The number of ether oxygens (including phenoxy) is 1. The molecule has 4 rings (SSSR count). The van der Waals surface area contributed by atoms with E-state index < -0.39 is 0 Å². The summed E-state index contributed by atoms with van der Waals surface area (Å²) in [6.07, 6.45) is 4.47. The number of nitrogens with one attached hydrogen (secondary N) is 1. The number of hydrogen-bond donors (Lipinski definition) is 1. The Balaban J connectivity index is 1.67. The zero-order valence-electron chi connectivity index (χ0n) is 13.0. The van der Waals surface area contributed by atoms with Crippen molar-refractivity contribution in [2.45, 2.75) is 32.2 Å². The van der Waals surface area contributed by atoms with Crippen LogP contribution in [-0.4, -0.2) is 14.2 Å². The first-order chi connectivity index (χ1) is 10.2. The number of methoxy groups -OCH3 is 1. The van der Waals surface area contributed by atoms with Gasteiger partial charge in [-0.15, -0.1) is 0 Å². The van der Waals surface area contributed by atoms with Gasteiger partial charge in [0.1, 0.15) is 5.75 Å². The Kier molecular flexibility index (Phi) is 3.34. The molecule has 3 saturated carbocycles. The van der Waals surface area contributed by atoms with E-state index in [1.54, 1.807) is 7.11 Å². The lowest BCUT2D eigenvalue weighted by molar-refractivity contribution is 0.362. The molecule has 1 N–H and O–H groups in total. The molecular weight excluding hydrogens is 326 g/mol. The fraction of sp³-hybridized carbons (Fsp3) is 0.667. The third kappa shape index (κ3) is 2.00. The topological polar surface area (TPSA) is 21.3 Å². The Morgan fingerprint density at radius 2 is 1.90 bits per heavy atom. The van der Waals surface area contributed by atoms with Crippen molar-refractivity contribution in [1.29, 1.82) is 0 Å². The fourth-order valence-electron chi connectivity index (χ4n) is 5.48. The maximum atomic E-state index is 5.67. The first-order valence-corrected chi connectivity index (χ1v) is 8.96. The minimum atomic E-state index is 0.440. The normalized spacial score (nSPS) is 37.4. The average Bonchev–Trinajstić information content (AvgIpc) is 2.90. The van der Waals surface area contributed by atoms with Gasteiger partial charge in [0.15, 0.2) is 0 Å². The summed E-state index contributed by atoms with van der Waals surface area (Å²) in [6.45, 7) is 2.12. The predicted octanol–water partition coefficient (Wildman–Crippen LogP) is 4.32. The highest BCUT2D eigenvalue weighted by Gasteiger charge is 2.66. The van der Waals surface area contributed by atoms with Crippen LogP contribution in [0, 0.1) is 36.5 Å². The number of benzene rings is 1. The minimum Gasteiger partial charge on any atom is -0.496 e. The van der Waals surface area contributed by atoms with Gasteiger partial charge in [0.05, 0.1) is 7.11 Å². The molecule has 2 bridgehead atoms. The lowest BCUT2D eigenvalue weighted by Gasteiger charge is -2.23. The van der Waals surface area contributed by atoms with Crippen molar-refractivity contribution < 1.29 is 4.74 Å². The summed E-state index contributed by atoms with van der Waals surface area (Å²) in [5, 5.41) is 3.60. The van der Waals surface area contributed by atoms with E-state index in [0.717, 1.165) is 35.3 Å². The van der Waals surface area contributed by atoms with Gasteiger partial charge in [-0.2, -0.15) is 0 Å². The highest BCUT2D eigenvalue weighted by Crippen LogP contribution is 2.72. The molecule has 0 aliphatic heterocycles. The monoisotopic (exact) mass is 349 g/mol. The van der Waals surface area contributed by atoms with Crippen molar-refractivity contribution >= 4 is 15.9 Å². The van der Waals surface area contributed by atoms with Crippen LogP contribution in [0.3, 0.4) is 0 Å². The summed E-state index contributed by atoms with van der Waals surface area (Å²) in [4.78, 5) is 0. The molecule has 0 spiro atoms. The van der Waals surface area contributed by atoms with Gasteiger partial charge in [-0.3, -0.25) is 0 Å². The van der Waals surface area contributed by atoms with Crippen LogP contribution in [-0.2, 0) is 0 Å². The van der Waals surface area contributed by atoms with E-state index in [2.05, 4.69) is 47.4 Å². The average molecular weight is 350 g/mol. The summed E-state index contributed by atoms with van der Waals surface area (Å²) in [5.74, 6) is 5.84. The number of rotatable bonds is 4. The van der Waals surface area contributed by atoms with Crippen LogP contribution in [0.5, 0.6) is 5.75 Å². The van der Waals surface area contributed by atoms with Gasteiger partial charge < -0.3 is 10.1 Å². The Morgan fingerprint density at radius 3 is 2.48 bits per heavy atom. The zero-order valence-corrected chi connectivity index (χ0v) is 14.6. The SMILES string of the molecule is CNC(c1cc(Br)c(C)cc1OC)C1C2C3CCC(C3)C21. The Morgan fingerprint density at radius 1 is 1.24 bits per heavy atom. The van der Waals surface area contributed by atoms with E-state index in [1.165, 1.54) is 34.9 Å². The highest BCUT2D eigenvalue weighted by atomic mass is 79.9. The lowest BCUT2D eigenvalue weighted by atomic mass is 9.92. The van der Waals surface area contributed by atoms with E-state index in [1.807, 2.05) is 0 Å². The Hall–Kier alpha value is -0.540. The largest absolute Gasteiger partial charge is 0.496 e. The van der Waals surface area contributed by atoms with Gasteiger partial charge in [0.2, 0.25) is 0 Å². The van der Waals surface area contributed by atoms with Crippen LogP contribution in [0.4, 0.5) is 0 Å². The Labute approximate surface area is 135 Å². The van der Waals surface area contributed by atoms with Gasteiger partial charge in [-0.25, -0.2) is 0 Å². The standard InChI is InChI=1S/C18H24BrNO/c1-9-6-14(21-3)12(8-13(9)19)18(20-2)17-15-10-4-5-11(7-10)16(15)17/h6,8,10-11,15-18,20H,4-5,7H2,1-3H3. The molecule has 3 fully saturated rings. The fourth-order valence-corrected chi connectivity index (χ4v) is 5.84. The van der Waals surface area contributed by atoms with Gasteiger partial charge in [-0.1, -0.05) is 15.9 Å². The maximum Gasteiger partial charge on any atom is 0.123 e. The number of aryl methyl sites for hydroxylation is 1. The van der Waals surface area contributed by atoms with Gasteiger partial charge in [0.25, 0.3) is 0 Å². The molecule has 3 aliphatic carbocycles. The summed E-state index contributed by atoms with van der Waals surface area (Å²) < 4.78 is 6.86. The molecule has 0 saturated heterocycles. The van der Waals surface area contributed by atoms with Gasteiger partial charge >= 0.3 is 0 Å². The van der Waals surface area contributed by atoms with Crippen molar-refractivity contribution in [3.8, 4) is 5.75 Å². The molecular formula is C18H24BrNO. The van der Waals surface area contributed by atoms with Crippen molar-refractivity contribution in [2.75, 3.05) is 14.2 Å². The summed E-state index contributed by atoms with van der Waals surface area (Å²) in [5.41, 5.74) is 2.57. The van der Waals surface area contributed by atoms with Gasteiger partial charge in [0, 0.05) is 16.1 Å². The molecule has 0 radical (unpaired) electrons. The van der Waals surface area contributed by atoms with Crippen molar-refractivity contribution in [1.82, 2.24) is 5.32 Å². The lowest BCUT2D eigenvalue weighted by Crippen LogP contribution is -2.22. The molecule has 0 amide bonds. The highest BCUT2D eigenvalue weighted by molar-refractivity contribution is 9.10. The number of fused-ring (bicyclic) bond motifs is 5. The van der Waals surface area contributed by atoms with Crippen LogP contribution < -0.4 is 10.1 Å². The van der Waals surface area contributed by atoms with Crippen LogP contribution in [0.1, 0.15) is 36.4 Å².